The minimum absolute atomic E-state index is 0.133. The highest BCUT2D eigenvalue weighted by molar-refractivity contribution is 6.42. The number of nitrogens with zero attached hydrogens (tertiary/aromatic N) is 4. The number of hydrogen-bond acceptors (Lipinski definition) is 4. The van der Waals surface area contributed by atoms with Crippen LogP contribution in [0.15, 0.2) is 48.5 Å². The lowest BCUT2D eigenvalue weighted by Crippen LogP contribution is -2.42. The molecule has 1 heterocycles. The van der Waals surface area contributed by atoms with Gasteiger partial charge in [-0.2, -0.15) is 10.4 Å². The molecule has 0 unspecified atom stereocenters. The third-order valence-corrected chi connectivity index (χ3v) is 6.10. The molecule has 37 heavy (non-hydrogen) atoms. The number of carbonyl (C=O) groups excluding carboxylic acids is 2. The van der Waals surface area contributed by atoms with Gasteiger partial charge in [-0.25, -0.2) is 9.48 Å². The molecule has 0 aliphatic heterocycles. The molecular weight excluding hydrogens is 511 g/mol. The number of aromatic nitrogens is 2. The molecule has 0 bridgehead atoms. The fraction of sp³-hybridized carbons (Fsp3) is 0.333. The Labute approximate surface area is 227 Å². The molecular formula is C27H30Cl2N6O2. The molecule has 1 aromatic heterocycles. The topological polar surface area (TPSA) is 103 Å². The second kappa shape index (κ2) is 11.7. The monoisotopic (exact) mass is 540 g/mol. The van der Waals surface area contributed by atoms with Gasteiger partial charge in [-0.15, -0.1) is 0 Å². The maximum atomic E-state index is 13.2. The van der Waals surface area contributed by atoms with Gasteiger partial charge in [0.1, 0.15) is 12.4 Å². The molecule has 3 aromatic rings. The van der Waals surface area contributed by atoms with Gasteiger partial charge in [-0.1, -0.05) is 57.8 Å². The van der Waals surface area contributed by atoms with Crippen molar-refractivity contribution >= 4 is 46.6 Å². The van der Waals surface area contributed by atoms with Crippen LogP contribution in [0.5, 0.6) is 0 Å². The van der Waals surface area contributed by atoms with Crippen LogP contribution in [0.4, 0.5) is 16.3 Å². The van der Waals surface area contributed by atoms with Gasteiger partial charge >= 0.3 is 6.03 Å². The maximum Gasteiger partial charge on any atom is 0.322 e. The number of hydrogen-bond donors (Lipinski definition) is 2. The molecule has 0 saturated carbocycles. The largest absolute Gasteiger partial charge is 0.322 e. The first-order valence-electron chi connectivity index (χ1n) is 11.8. The summed E-state index contributed by atoms with van der Waals surface area (Å²) in [6.07, 6.45) is 0. The molecule has 194 valence electrons. The molecule has 0 aliphatic rings. The van der Waals surface area contributed by atoms with E-state index in [1.165, 1.54) is 4.90 Å². The first-order valence-corrected chi connectivity index (χ1v) is 12.5. The molecule has 2 aromatic carbocycles. The van der Waals surface area contributed by atoms with E-state index in [-0.39, 0.29) is 23.8 Å². The van der Waals surface area contributed by atoms with Crippen LogP contribution in [0.25, 0.3) is 5.69 Å². The van der Waals surface area contributed by atoms with Crippen LogP contribution in [0, 0.1) is 17.2 Å². The Morgan fingerprint density at radius 2 is 1.73 bits per heavy atom. The van der Waals surface area contributed by atoms with Gasteiger partial charge in [-0.3, -0.25) is 4.79 Å². The van der Waals surface area contributed by atoms with E-state index in [1.54, 1.807) is 47.1 Å². The van der Waals surface area contributed by atoms with Crippen LogP contribution >= 0.6 is 23.2 Å². The zero-order valence-electron chi connectivity index (χ0n) is 21.5. The Hall–Kier alpha value is -3.54. The normalized spacial score (nSPS) is 11.2. The molecule has 0 aliphatic carbocycles. The Morgan fingerprint density at radius 1 is 1.05 bits per heavy atom. The standard InChI is InChI=1S/C27H30Cl2N6O2/c1-17(2)15-34(26(37)31-19-8-6-18(14-30)7-9-19)16-25(36)32-24-13-23(27(3,4)5)33-35(24)20-10-11-21(28)22(29)12-20/h6-13,17H,15-16H2,1-5H3,(H,31,37)(H,32,36). The van der Waals surface area contributed by atoms with Gasteiger partial charge < -0.3 is 15.5 Å². The van der Waals surface area contributed by atoms with Gasteiger partial charge in [0.2, 0.25) is 5.91 Å². The Bertz CT molecular complexity index is 1320. The molecule has 0 saturated heterocycles. The predicted molar refractivity (Wildman–Crippen MR) is 148 cm³/mol. The summed E-state index contributed by atoms with van der Waals surface area (Å²) in [7, 11) is 0. The zero-order chi connectivity index (χ0) is 27.3. The molecule has 8 nitrogen and oxygen atoms in total. The van der Waals surface area contributed by atoms with Crippen molar-refractivity contribution in [3.05, 3.63) is 69.8 Å². The minimum atomic E-state index is -0.415. The van der Waals surface area contributed by atoms with Gasteiger partial charge in [-0.05, 0) is 48.4 Å². The van der Waals surface area contributed by atoms with Crippen molar-refractivity contribution in [2.75, 3.05) is 23.7 Å². The number of nitrogens with one attached hydrogen (secondary N) is 2. The van der Waals surface area contributed by atoms with Crippen LogP contribution < -0.4 is 10.6 Å². The third kappa shape index (κ3) is 7.48. The van der Waals surface area contributed by atoms with Crippen molar-refractivity contribution in [2.45, 2.75) is 40.0 Å². The summed E-state index contributed by atoms with van der Waals surface area (Å²) in [4.78, 5) is 27.6. The number of nitriles is 1. The summed E-state index contributed by atoms with van der Waals surface area (Å²) in [5.74, 6) is 0.205. The fourth-order valence-electron chi connectivity index (χ4n) is 3.50. The Balaban J connectivity index is 1.83. The lowest BCUT2D eigenvalue weighted by atomic mass is 9.92. The van der Waals surface area contributed by atoms with Crippen LogP contribution in [-0.4, -0.2) is 39.7 Å². The Morgan fingerprint density at radius 3 is 2.30 bits per heavy atom. The van der Waals surface area contributed by atoms with Gasteiger partial charge in [0.05, 0.1) is 33.1 Å². The summed E-state index contributed by atoms with van der Waals surface area (Å²) in [6.45, 7) is 10.2. The van der Waals surface area contributed by atoms with Gasteiger partial charge in [0.25, 0.3) is 0 Å². The highest BCUT2D eigenvalue weighted by Crippen LogP contribution is 2.29. The quantitative estimate of drug-likeness (QED) is 0.358. The van der Waals surface area contributed by atoms with Crippen LogP contribution in [-0.2, 0) is 10.2 Å². The number of urea groups is 1. The van der Waals surface area contributed by atoms with Gasteiger partial charge in [0, 0.05) is 23.7 Å². The van der Waals surface area contributed by atoms with E-state index in [0.717, 1.165) is 5.69 Å². The summed E-state index contributed by atoms with van der Waals surface area (Å²) >= 11 is 12.3. The molecule has 0 atom stereocenters. The molecule has 0 spiro atoms. The van der Waals surface area contributed by atoms with Crippen LogP contribution in [0.2, 0.25) is 10.0 Å². The number of anilines is 2. The number of amides is 3. The summed E-state index contributed by atoms with van der Waals surface area (Å²) < 4.78 is 1.60. The van der Waals surface area contributed by atoms with E-state index in [2.05, 4.69) is 10.6 Å². The number of carbonyl (C=O) groups is 2. The predicted octanol–water partition coefficient (Wildman–Crippen LogP) is 6.48. The third-order valence-electron chi connectivity index (χ3n) is 5.37. The van der Waals surface area contributed by atoms with Crippen molar-refractivity contribution < 1.29 is 9.59 Å². The Kier molecular flexibility index (Phi) is 8.85. The SMILES string of the molecule is CC(C)CN(CC(=O)Nc1cc(C(C)(C)C)nn1-c1ccc(Cl)c(Cl)c1)C(=O)Nc1ccc(C#N)cc1. The lowest BCUT2D eigenvalue weighted by molar-refractivity contribution is -0.116. The molecule has 2 N–H and O–H groups in total. The average molecular weight is 541 g/mol. The molecule has 3 rings (SSSR count). The van der Waals surface area contributed by atoms with Crippen molar-refractivity contribution in [1.82, 2.24) is 14.7 Å². The van der Waals surface area contributed by atoms with E-state index in [1.807, 2.05) is 46.8 Å². The highest BCUT2D eigenvalue weighted by atomic mass is 35.5. The van der Waals surface area contributed by atoms with E-state index < -0.39 is 6.03 Å². The first-order chi connectivity index (χ1) is 17.4. The maximum absolute atomic E-state index is 13.2. The summed E-state index contributed by atoms with van der Waals surface area (Å²) in [5.41, 5.74) is 2.16. The average Bonchev–Trinajstić information content (AvgIpc) is 3.25. The van der Waals surface area contributed by atoms with Crippen molar-refractivity contribution in [2.24, 2.45) is 5.92 Å². The molecule has 3 amide bonds. The number of rotatable bonds is 7. The van der Waals surface area contributed by atoms with E-state index in [0.29, 0.717) is 39.3 Å². The van der Waals surface area contributed by atoms with Crippen molar-refractivity contribution in [3.63, 3.8) is 0 Å². The van der Waals surface area contributed by atoms with Gasteiger partial charge in [0.15, 0.2) is 0 Å². The highest BCUT2D eigenvalue weighted by Gasteiger charge is 2.24. The summed E-state index contributed by atoms with van der Waals surface area (Å²) in [5, 5.41) is 20.1. The van der Waals surface area contributed by atoms with Crippen LogP contribution in [0.3, 0.4) is 0 Å². The van der Waals surface area contributed by atoms with E-state index in [9.17, 15) is 9.59 Å². The second-order valence-corrected chi connectivity index (χ2v) is 10.9. The van der Waals surface area contributed by atoms with Crippen molar-refractivity contribution in [3.8, 4) is 11.8 Å². The fourth-order valence-corrected chi connectivity index (χ4v) is 3.79. The molecule has 10 heteroatoms. The van der Waals surface area contributed by atoms with Crippen molar-refractivity contribution in [1.29, 1.82) is 5.26 Å². The number of halogens is 2. The lowest BCUT2D eigenvalue weighted by Gasteiger charge is -2.24. The smallest absolute Gasteiger partial charge is 0.315 e. The molecule has 0 radical (unpaired) electrons. The zero-order valence-corrected chi connectivity index (χ0v) is 23.0. The number of benzene rings is 2. The summed E-state index contributed by atoms with van der Waals surface area (Å²) in [6, 6.07) is 15.1. The van der Waals surface area contributed by atoms with E-state index >= 15 is 0 Å². The first kappa shape index (κ1) is 28.0. The van der Waals surface area contributed by atoms with E-state index in [4.69, 9.17) is 33.6 Å². The molecule has 0 fully saturated rings. The van der Waals surface area contributed by atoms with Crippen LogP contribution in [0.1, 0.15) is 45.9 Å². The minimum Gasteiger partial charge on any atom is -0.315 e. The second-order valence-electron chi connectivity index (χ2n) is 10.1.